The number of nitrogens with one attached hydrogen (secondary N) is 3. The minimum absolute atomic E-state index is 0.0123. The van der Waals surface area contributed by atoms with Crippen molar-refractivity contribution in [2.45, 2.75) is 6.42 Å². The van der Waals surface area contributed by atoms with Gasteiger partial charge in [-0.3, -0.25) is 15.6 Å². The lowest BCUT2D eigenvalue weighted by Crippen LogP contribution is -2.34. The third kappa shape index (κ3) is 5.07. The summed E-state index contributed by atoms with van der Waals surface area (Å²) < 4.78 is 20.2. The molecule has 1 aliphatic rings. The van der Waals surface area contributed by atoms with Crippen LogP contribution in [0.15, 0.2) is 54.7 Å². The van der Waals surface area contributed by atoms with Crippen molar-refractivity contribution in [3.63, 3.8) is 0 Å². The van der Waals surface area contributed by atoms with E-state index in [2.05, 4.69) is 15.3 Å². The van der Waals surface area contributed by atoms with E-state index in [0.29, 0.717) is 30.8 Å². The SMILES string of the molecule is N=C(OC(=N)c1nc(-c2ccc(C(=O)N3CCCNCC3)c(F)c2)cnc1N)c1ccccc1. The standard InChI is InChI=1S/C24H24FN7O2/c25-18-13-16(7-8-17(18)24(33)32-11-4-9-29-10-12-32)19-14-30-21(26)20(31-19)23(28)34-22(27)15-5-2-1-3-6-15/h1-3,5-8,13-14,27-29H,4,9-12H2,(H2,26,30). The summed E-state index contributed by atoms with van der Waals surface area (Å²) in [6.45, 7) is 2.59. The minimum atomic E-state index is -0.669. The van der Waals surface area contributed by atoms with E-state index in [4.69, 9.17) is 21.3 Å². The summed E-state index contributed by atoms with van der Waals surface area (Å²) in [6.07, 6.45) is 2.16. The Morgan fingerprint density at radius 2 is 1.88 bits per heavy atom. The molecule has 1 saturated heterocycles. The van der Waals surface area contributed by atoms with Crippen LogP contribution in [0.1, 0.15) is 28.0 Å². The number of aromatic nitrogens is 2. The fourth-order valence-electron chi connectivity index (χ4n) is 3.57. The predicted molar refractivity (Wildman–Crippen MR) is 126 cm³/mol. The Balaban J connectivity index is 1.55. The van der Waals surface area contributed by atoms with Gasteiger partial charge in [0.25, 0.3) is 5.91 Å². The lowest BCUT2D eigenvalue weighted by atomic mass is 10.1. The van der Waals surface area contributed by atoms with Gasteiger partial charge in [-0.25, -0.2) is 14.4 Å². The summed E-state index contributed by atoms with van der Waals surface area (Å²) in [7, 11) is 0. The molecule has 174 valence electrons. The summed E-state index contributed by atoms with van der Waals surface area (Å²) >= 11 is 0. The van der Waals surface area contributed by atoms with Crippen LogP contribution in [0.4, 0.5) is 10.2 Å². The number of benzene rings is 2. The number of rotatable bonds is 4. The number of halogens is 1. The molecule has 0 saturated carbocycles. The molecule has 9 nitrogen and oxygen atoms in total. The number of hydrogen-bond acceptors (Lipinski definition) is 8. The van der Waals surface area contributed by atoms with Crippen molar-refractivity contribution in [2.24, 2.45) is 0 Å². The quantitative estimate of drug-likeness (QED) is 0.348. The Labute approximate surface area is 195 Å². The van der Waals surface area contributed by atoms with Gasteiger partial charge < -0.3 is 20.7 Å². The van der Waals surface area contributed by atoms with Crippen molar-refractivity contribution in [2.75, 3.05) is 31.9 Å². The third-order valence-corrected chi connectivity index (χ3v) is 5.38. The molecule has 0 unspecified atom stereocenters. The highest BCUT2D eigenvalue weighted by atomic mass is 19.1. The van der Waals surface area contributed by atoms with E-state index < -0.39 is 11.7 Å². The average molecular weight is 462 g/mol. The first-order chi connectivity index (χ1) is 16.4. The maximum atomic E-state index is 14.9. The molecule has 3 aromatic rings. The maximum absolute atomic E-state index is 14.9. The second-order valence-electron chi connectivity index (χ2n) is 7.71. The smallest absolute Gasteiger partial charge is 0.256 e. The van der Waals surface area contributed by atoms with E-state index in [-0.39, 0.29) is 34.6 Å². The largest absolute Gasteiger partial charge is 0.419 e. The number of hydrogen-bond donors (Lipinski definition) is 4. The van der Waals surface area contributed by atoms with Crippen LogP contribution in [0.25, 0.3) is 11.3 Å². The summed E-state index contributed by atoms with van der Waals surface area (Å²) in [5, 5.41) is 19.5. The number of carbonyl (C=O) groups is 1. The lowest BCUT2D eigenvalue weighted by Gasteiger charge is -2.20. The zero-order chi connectivity index (χ0) is 24.1. The second kappa shape index (κ2) is 10.2. The number of amides is 1. The van der Waals surface area contributed by atoms with E-state index in [1.165, 1.54) is 18.3 Å². The molecule has 0 atom stereocenters. The monoisotopic (exact) mass is 461 g/mol. The molecule has 0 bridgehead atoms. The second-order valence-corrected chi connectivity index (χ2v) is 7.71. The molecule has 1 aromatic heterocycles. The van der Waals surface area contributed by atoms with Gasteiger partial charge in [0, 0.05) is 30.8 Å². The molecular weight excluding hydrogens is 437 g/mol. The molecule has 10 heteroatoms. The first-order valence-electron chi connectivity index (χ1n) is 10.8. The molecule has 1 fully saturated rings. The number of ether oxygens (including phenoxy) is 1. The molecule has 0 aliphatic carbocycles. The van der Waals surface area contributed by atoms with Crippen LogP contribution in [0, 0.1) is 16.6 Å². The summed E-state index contributed by atoms with van der Waals surface area (Å²) in [5.41, 5.74) is 6.89. The van der Waals surface area contributed by atoms with Gasteiger partial charge in [-0.2, -0.15) is 0 Å². The van der Waals surface area contributed by atoms with Crippen LogP contribution < -0.4 is 11.1 Å². The molecule has 1 amide bonds. The Hall–Kier alpha value is -4.18. The average Bonchev–Trinajstić information content (AvgIpc) is 3.14. The number of nitrogen functional groups attached to an aromatic ring is 1. The zero-order valence-corrected chi connectivity index (χ0v) is 18.3. The highest BCUT2D eigenvalue weighted by Crippen LogP contribution is 2.23. The Morgan fingerprint density at radius 3 is 2.65 bits per heavy atom. The molecule has 34 heavy (non-hydrogen) atoms. The molecule has 1 aliphatic heterocycles. The number of nitrogens with two attached hydrogens (primary N) is 1. The van der Waals surface area contributed by atoms with Crippen LogP contribution in [0.5, 0.6) is 0 Å². The molecule has 0 spiro atoms. The highest BCUT2D eigenvalue weighted by Gasteiger charge is 2.21. The van der Waals surface area contributed by atoms with Crippen LogP contribution in [-0.4, -0.2) is 58.7 Å². The van der Waals surface area contributed by atoms with Crippen LogP contribution in [0.2, 0.25) is 0 Å². The topological polar surface area (TPSA) is 141 Å². The van der Waals surface area contributed by atoms with Crippen molar-refractivity contribution in [3.8, 4) is 11.3 Å². The Bertz CT molecular complexity index is 1230. The molecule has 4 rings (SSSR count). The summed E-state index contributed by atoms with van der Waals surface area (Å²) in [4.78, 5) is 22.8. The van der Waals surface area contributed by atoms with Gasteiger partial charge in [-0.1, -0.05) is 24.3 Å². The molecular formula is C24H24FN7O2. The molecule has 2 heterocycles. The van der Waals surface area contributed by atoms with Crippen LogP contribution in [0.3, 0.4) is 0 Å². The van der Waals surface area contributed by atoms with Gasteiger partial charge in [0.15, 0.2) is 11.5 Å². The van der Waals surface area contributed by atoms with Crippen molar-refractivity contribution in [1.29, 1.82) is 10.8 Å². The van der Waals surface area contributed by atoms with Gasteiger partial charge in [-0.05, 0) is 37.2 Å². The van der Waals surface area contributed by atoms with E-state index >= 15 is 0 Å². The van der Waals surface area contributed by atoms with Gasteiger partial charge in [-0.15, -0.1) is 0 Å². The van der Waals surface area contributed by atoms with Gasteiger partial charge in [0.1, 0.15) is 5.82 Å². The molecule has 2 aromatic carbocycles. The van der Waals surface area contributed by atoms with E-state index in [9.17, 15) is 9.18 Å². The third-order valence-electron chi connectivity index (χ3n) is 5.38. The van der Waals surface area contributed by atoms with Crippen molar-refractivity contribution < 1.29 is 13.9 Å². The highest BCUT2D eigenvalue weighted by molar-refractivity contribution is 6.05. The fraction of sp³-hybridized carbons (Fsp3) is 0.208. The van der Waals surface area contributed by atoms with E-state index in [1.54, 1.807) is 41.3 Å². The number of carbonyl (C=O) groups excluding carboxylic acids is 1. The Kier molecular flexibility index (Phi) is 6.88. The van der Waals surface area contributed by atoms with Gasteiger partial charge in [0.05, 0.1) is 17.5 Å². The van der Waals surface area contributed by atoms with Crippen LogP contribution >= 0.6 is 0 Å². The van der Waals surface area contributed by atoms with Crippen molar-refractivity contribution in [3.05, 3.63) is 77.4 Å². The number of anilines is 1. The van der Waals surface area contributed by atoms with Crippen molar-refractivity contribution in [1.82, 2.24) is 20.2 Å². The first kappa shape index (κ1) is 23.0. The molecule has 0 radical (unpaired) electrons. The maximum Gasteiger partial charge on any atom is 0.256 e. The molecule has 5 N–H and O–H groups in total. The van der Waals surface area contributed by atoms with Gasteiger partial charge >= 0.3 is 0 Å². The van der Waals surface area contributed by atoms with E-state index in [0.717, 1.165) is 13.0 Å². The summed E-state index contributed by atoms with van der Waals surface area (Å²) in [6, 6.07) is 12.9. The van der Waals surface area contributed by atoms with Gasteiger partial charge in [0.2, 0.25) is 11.8 Å². The van der Waals surface area contributed by atoms with E-state index in [1.807, 2.05) is 0 Å². The summed E-state index contributed by atoms with van der Waals surface area (Å²) in [5.74, 6) is -1.78. The normalized spacial score (nSPS) is 13.7. The zero-order valence-electron chi connectivity index (χ0n) is 18.3. The first-order valence-corrected chi connectivity index (χ1v) is 10.8. The number of nitrogens with zero attached hydrogens (tertiary/aromatic N) is 3. The minimum Gasteiger partial charge on any atom is -0.419 e. The lowest BCUT2D eigenvalue weighted by molar-refractivity contribution is 0.0761. The Morgan fingerprint density at radius 1 is 1.09 bits per heavy atom. The van der Waals surface area contributed by atoms with Crippen LogP contribution in [-0.2, 0) is 4.74 Å². The fourth-order valence-corrected chi connectivity index (χ4v) is 3.57. The van der Waals surface area contributed by atoms with Crippen molar-refractivity contribution >= 4 is 23.5 Å². The predicted octanol–water partition coefficient (Wildman–Crippen LogP) is 2.67.